The molecule has 2 aromatic heterocycles. The maximum Gasteiger partial charge on any atom is 0.327 e. The summed E-state index contributed by atoms with van der Waals surface area (Å²) in [5.41, 5.74) is 0. The van der Waals surface area contributed by atoms with E-state index in [9.17, 15) is 9.59 Å². The molecule has 2 N–H and O–H groups in total. The maximum atomic E-state index is 11.0. The number of carbonyl (C=O) groups excluding carboxylic acids is 1. The van der Waals surface area contributed by atoms with E-state index in [1.807, 2.05) is 17.5 Å². The predicted octanol–water partition coefficient (Wildman–Crippen LogP) is 1.98. The number of aromatic nitrogens is 1. The first-order chi connectivity index (χ1) is 9.08. The lowest BCUT2D eigenvalue weighted by molar-refractivity contribution is -0.140. The molecule has 0 aliphatic rings. The van der Waals surface area contributed by atoms with Crippen molar-refractivity contribution in [2.45, 2.75) is 18.0 Å². The third-order valence-electron chi connectivity index (χ3n) is 2.41. The van der Waals surface area contributed by atoms with Crippen LogP contribution in [0.3, 0.4) is 0 Å². The van der Waals surface area contributed by atoms with Crippen molar-refractivity contribution in [1.29, 1.82) is 0 Å². The molecule has 0 fully saturated rings. The first-order valence-electron chi connectivity index (χ1n) is 5.53. The summed E-state index contributed by atoms with van der Waals surface area (Å²) in [6.07, 6.45) is 1.70. The molecule has 2 aromatic rings. The molecule has 7 heteroatoms. The van der Waals surface area contributed by atoms with Gasteiger partial charge in [-0.05, 0) is 17.5 Å². The predicted molar refractivity (Wildman–Crippen MR) is 75.6 cm³/mol. The zero-order chi connectivity index (χ0) is 13.8. The van der Waals surface area contributed by atoms with E-state index in [4.69, 9.17) is 5.11 Å². The largest absolute Gasteiger partial charge is 0.480 e. The van der Waals surface area contributed by atoms with Crippen molar-refractivity contribution in [3.05, 3.63) is 23.7 Å². The zero-order valence-corrected chi connectivity index (χ0v) is 11.8. The molecule has 0 saturated heterocycles. The van der Waals surface area contributed by atoms with Crippen molar-refractivity contribution < 1.29 is 14.7 Å². The topological polar surface area (TPSA) is 79.3 Å². The van der Waals surface area contributed by atoms with Crippen molar-refractivity contribution in [1.82, 2.24) is 10.3 Å². The lowest BCUT2D eigenvalue weighted by atomic mass is 10.3. The summed E-state index contributed by atoms with van der Waals surface area (Å²) in [6, 6.07) is 2.98. The number of carbonyl (C=O) groups is 2. The maximum absolute atomic E-state index is 11.0. The minimum absolute atomic E-state index is 0.247. The number of carboxylic acids is 1. The molecule has 19 heavy (non-hydrogen) atoms. The van der Waals surface area contributed by atoms with Gasteiger partial charge in [0.25, 0.3) is 0 Å². The van der Waals surface area contributed by atoms with E-state index in [2.05, 4.69) is 10.3 Å². The number of thioether (sulfide) groups is 1. The molecule has 0 bridgehead atoms. The highest BCUT2D eigenvalue weighted by Gasteiger charge is 2.19. The molecule has 5 nitrogen and oxygen atoms in total. The Morgan fingerprint density at radius 1 is 1.53 bits per heavy atom. The van der Waals surface area contributed by atoms with Gasteiger partial charge in [0, 0.05) is 29.0 Å². The van der Waals surface area contributed by atoms with E-state index in [-0.39, 0.29) is 11.7 Å². The number of nitrogens with one attached hydrogen (secondary N) is 1. The molecule has 1 atom stereocenters. The zero-order valence-electron chi connectivity index (χ0n) is 10.1. The molecule has 2 heterocycles. The molecule has 1 amide bonds. The van der Waals surface area contributed by atoms with E-state index in [0.29, 0.717) is 0 Å². The fraction of sp³-hybridized carbons (Fsp3) is 0.250. The van der Waals surface area contributed by atoms with Crippen molar-refractivity contribution in [3.63, 3.8) is 0 Å². The quantitative estimate of drug-likeness (QED) is 0.825. The van der Waals surface area contributed by atoms with Crippen LogP contribution in [0.2, 0.25) is 0 Å². The number of rotatable bonds is 5. The number of aliphatic carboxylic acids is 1. The number of hydrogen-bond donors (Lipinski definition) is 2. The van der Waals surface area contributed by atoms with Gasteiger partial charge < -0.3 is 10.4 Å². The van der Waals surface area contributed by atoms with Gasteiger partial charge in [0.15, 0.2) is 0 Å². The van der Waals surface area contributed by atoms with Crippen LogP contribution in [0.1, 0.15) is 6.92 Å². The van der Waals surface area contributed by atoms with Gasteiger partial charge >= 0.3 is 5.97 Å². The van der Waals surface area contributed by atoms with Crippen LogP contribution in [-0.2, 0) is 9.59 Å². The highest BCUT2D eigenvalue weighted by molar-refractivity contribution is 7.99. The Morgan fingerprint density at radius 2 is 2.32 bits per heavy atom. The van der Waals surface area contributed by atoms with Crippen LogP contribution in [0.4, 0.5) is 0 Å². The monoisotopic (exact) mass is 296 g/mol. The molecule has 0 radical (unpaired) electrons. The van der Waals surface area contributed by atoms with E-state index in [1.54, 1.807) is 17.5 Å². The second-order valence-corrected chi connectivity index (χ2v) is 5.81. The lowest BCUT2D eigenvalue weighted by Crippen LogP contribution is -2.41. The van der Waals surface area contributed by atoms with E-state index < -0.39 is 12.0 Å². The van der Waals surface area contributed by atoms with Gasteiger partial charge in [0.05, 0.1) is 0 Å². The average molecular weight is 296 g/mol. The van der Waals surface area contributed by atoms with Crippen molar-refractivity contribution in [2.75, 3.05) is 5.75 Å². The minimum atomic E-state index is -1.04. The SMILES string of the molecule is CC(=O)NC(CSc1nccc2sccc12)C(=O)O. The number of carboxylic acid groups (broad SMARTS) is 1. The highest BCUT2D eigenvalue weighted by Crippen LogP contribution is 2.29. The third kappa shape index (κ3) is 3.45. The molecule has 1 unspecified atom stereocenters. The van der Waals surface area contributed by atoms with E-state index in [1.165, 1.54) is 18.7 Å². The normalized spacial score (nSPS) is 12.3. The van der Waals surface area contributed by atoms with Crippen LogP contribution < -0.4 is 5.32 Å². The number of hydrogen-bond acceptors (Lipinski definition) is 5. The molecular weight excluding hydrogens is 284 g/mol. The summed E-state index contributed by atoms with van der Waals surface area (Å²) >= 11 is 2.95. The second kappa shape index (κ2) is 6.03. The number of thiophene rings is 1. The van der Waals surface area contributed by atoms with Crippen LogP contribution in [0.25, 0.3) is 10.1 Å². The van der Waals surface area contributed by atoms with Crippen LogP contribution in [-0.4, -0.2) is 33.8 Å². The Hall–Kier alpha value is -1.60. The van der Waals surface area contributed by atoms with Crippen LogP contribution in [0.15, 0.2) is 28.7 Å². The first kappa shape index (κ1) is 13.8. The Bertz CT molecular complexity index is 612. The van der Waals surface area contributed by atoms with Gasteiger partial charge in [-0.2, -0.15) is 0 Å². The average Bonchev–Trinajstić information content (AvgIpc) is 2.82. The Kier molecular flexibility index (Phi) is 4.39. The van der Waals surface area contributed by atoms with Crippen LogP contribution >= 0.6 is 23.1 Å². The van der Waals surface area contributed by atoms with Gasteiger partial charge in [0.1, 0.15) is 11.1 Å². The molecule has 0 spiro atoms. The lowest BCUT2D eigenvalue weighted by Gasteiger charge is -2.12. The van der Waals surface area contributed by atoms with Gasteiger partial charge in [-0.1, -0.05) is 0 Å². The van der Waals surface area contributed by atoms with Crippen LogP contribution in [0.5, 0.6) is 0 Å². The van der Waals surface area contributed by atoms with E-state index in [0.717, 1.165) is 15.1 Å². The van der Waals surface area contributed by atoms with Gasteiger partial charge in [-0.25, -0.2) is 9.78 Å². The van der Waals surface area contributed by atoms with Crippen molar-refractivity contribution in [2.24, 2.45) is 0 Å². The highest BCUT2D eigenvalue weighted by atomic mass is 32.2. The summed E-state index contributed by atoms with van der Waals surface area (Å²) < 4.78 is 1.11. The van der Waals surface area contributed by atoms with Gasteiger partial charge in [-0.3, -0.25) is 4.79 Å². The standard InChI is InChI=1S/C12H12N2O3S2/c1-7(15)14-9(12(16)17)6-19-11-8-3-5-18-10(8)2-4-13-11/h2-5,9H,6H2,1H3,(H,14,15)(H,16,17). The van der Waals surface area contributed by atoms with Gasteiger partial charge in [0.2, 0.25) is 5.91 Å². The number of fused-ring (bicyclic) bond motifs is 1. The molecular formula is C12H12N2O3S2. The summed E-state index contributed by atoms with van der Waals surface area (Å²) in [4.78, 5) is 26.2. The Balaban J connectivity index is 2.10. The molecule has 2 rings (SSSR count). The molecule has 0 saturated carbocycles. The summed E-state index contributed by atoms with van der Waals surface area (Å²) in [5, 5.41) is 15.2. The fourth-order valence-electron chi connectivity index (χ4n) is 1.57. The minimum Gasteiger partial charge on any atom is -0.480 e. The number of amides is 1. The van der Waals surface area contributed by atoms with Crippen molar-refractivity contribution >= 4 is 45.1 Å². The molecule has 100 valence electrons. The smallest absolute Gasteiger partial charge is 0.327 e. The number of nitrogens with zero attached hydrogens (tertiary/aromatic N) is 1. The van der Waals surface area contributed by atoms with E-state index >= 15 is 0 Å². The Morgan fingerprint density at radius 3 is 3.00 bits per heavy atom. The summed E-state index contributed by atoms with van der Waals surface area (Å²) in [6.45, 7) is 1.30. The van der Waals surface area contributed by atoms with Crippen LogP contribution in [0, 0.1) is 0 Å². The number of pyridine rings is 1. The Labute approximate surface area is 118 Å². The first-order valence-corrected chi connectivity index (χ1v) is 7.39. The second-order valence-electron chi connectivity index (χ2n) is 3.85. The van der Waals surface area contributed by atoms with Gasteiger partial charge in [-0.15, -0.1) is 23.1 Å². The molecule has 0 aliphatic carbocycles. The molecule has 0 aliphatic heterocycles. The fourth-order valence-corrected chi connectivity index (χ4v) is 3.43. The summed E-state index contributed by atoms with van der Waals surface area (Å²) in [7, 11) is 0. The third-order valence-corrected chi connectivity index (χ3v) is 4.39. The van der Waals surface area contributed by atoms with Crippen molar-refractivity contribution in [3.8, 4) is 0 Å². The molecule has 0 aromatic carbocycles. The summed E-state index contributed by atoms with van der Waals surface area (Å²) in [5.74, 6) is -1.15.